The van der Waals surface area contributed by atoms with Gasteiger partial charge in [0.2, 0.25) is 0 Å². The molecule has 0 radical (unpaired) electrons. The van der Waals surface area contributed by atoms with Crippen molar-refractivity contribution in [2.75, 3.05) is 5.32 Å². The van der Waals surface area contributed by atoms with Crippen molar-refractivity contribution in [3.05, 3.63) is 22.8 Å². The van der Waals surface area contributed by atoms with Crippen LogP contribution in [-0.4, -0.2) is 11.1 Å². The van der Waals surface area contributed by atoms with Crippen molar-refractivity contribution < 1.29 is 0 Å². The highest BCUT2D eigenvalue weighted by atomic mass is 35.5. The second kappa shape index (κ2) is 4.44. The molecule has 72 valence electrons. The van der Waals surface area contributed by atoms with E-state index in [-0.39, 0.29) is 6.17 Å². The Morgan fingerprint density at radius 1 is 1.69 bits per heavy atom. The van der Waals surface area contributed by atoms with Gasteiger partial charge in [-0.15, -0.1) is 0 Å². The van der Waals surface area contributed by atoms with Gasteiger partial charge in [0, 0.05) is 6.20 Å². The molecule has 1 rings (SSSR count). The third kappa shape index (κ3) is 2.86. The van der Waals surface area contributed by atoms with Gasteiger partial charge in [0.05, 0.1) is 11.2 Å². The molecule has 0 saturated heterocycles. The van der Waals surface area contributed by atoms with Crippen LogP contribution in [0.3, 0.4) is 0 Å². The number of nitrogens with one attached hydrogen (secondary N) is 1. The highest BCUT2D eigenvalue weighted by Gasteiger charge is 2.03. The van der Waals surface area contributed by atoms with E-state index in [1.54, 1.807) is 6.20 Å². The Balaban J connectivity index is 2.77. The number of nitrogens with two attached hydrogens (primary N) is 1. The smallest absolute Gasteiger partial charge is 0.130 e. The minimum absolute atomic E-state index is 0.0487. The zero-order valence-electron chi connectivity index (χ0n) is 7.84. The predicted molar refractivity (Wildman–Crippen MR) is 55.9 cm³/mol. The molecule has 1 aromatic heterocycles. The number of rotatable bonds is 3. The monoisotopic (exact) mass is 199 g/mol. The lowest BCUT2D eigenvalue weighted by molar-refractivity contribution is 0.724. The molecule has 0 fully saturated rings. The summed E-state index contributed by atoms with van der Waals surface area (Å²) in [6.07, 6.45) is 2.43. The Morgan fingerprint density at radius 3 is 2.92 bits per heavy atom. The fraction of sp³-hybridized carbons (Fsp3) is 0.444. The predicted octanol–water partition coefficient (Wildman–Crippen LogP) is 2.15. The summed E-state index contributed by atoms with van der Waals surface area (Å²) in [7, 11) is 0. The molecule has 0 bridgehead atoms. The molecule has 1 atom stereocenters. The molecular formula is C9H14ClN3. The minimum Gasteiger partial charge on any atom is -0.355 e. The molecule has 0 aliphatic carbocycles. The highest BCUT2D eigenvalue weighted by Crippen LogP contribution is 2.16. The molecule has 0 spiro atoms. The van der Waals surface area contributed by atoms with Crippen molar-refractivity contribution in [1.29, 1.82) is 0 Å². The number of nitrogens with zero attached hydrogens (tertiary/aromatic N) is 1. The average molecular weight is 200 g/mol. The van der Waals surface area contributed by atoms with Crippen molar-refractivity contribution in [3.63, 3.8) is 0 Å². The van der Waals surface area contributed by atoms with Gasteiger partial charge < -0.3 is 11.1 Å². The Morgan fingerprint density at radius 2 is 2.38 bits per heavy atom. The third-order valence-corrected chi connectivity index (χ3v) is 2.01. The van der Waals surface area contributed by atoms with E-state index in [1.165, 1.54) is 0 Å². The quantitative estimate of drug-likeness (QED) is 0.734. The normalized spacial score (nSPS) is 12.6. The van der Waals surface area contributed by atoms with E-state index in [4.69, 9.17) is 17.3 Å². The number of aromatic nitrogens is 1. The summed E-state index contributed by atoms with van der Waals surface area (Å²) < 4.78 is 0. The van der Waals surface area contributed by atoms with Gasteiger partial charge in [0.25, 0.3) is 0 Å². The zero-order chi connectivity index (χ0) is 9.84. The van der Waals surface area contributed by atoms with Crippen LogP contribution in [0.4, 0.5) is 5.82 Å². The Labute approximate surface area is 83.3 Å². The van der Waals surface area contributed by atoms with Crippen molar-refractivity contribution in [2.45, 2.75) is 26.4 Å². The number of hydrogen-bond donors (Lipinski definition) is 2. The van der Waals surface area contributed by atoms with E-state index in [2.05, 4.69) is 10.3 Å². The Bertz CT molecular complexity index is 288. The summed E-state index contributed by atoms with van der Waals surface area (Å²) in [6, 6.07) is 1.86. The molecule has 3 N–H and O–H groups in total. The molecule has 0 aliphatic rings. The van der Waals surface area contributed by atoms with Crippen LogP contribution < -0.4 is 11.1 Å². The van der Waals surface area contributed by atoms with Crippen LogP contribution in [0.15, 0.2) is 12.3 Å². The summed E-state index contributed by atoms with van der Waals surface area (Å²) in [6.45, 7) is 3.96. The fourth-order valence-electron chi connectivity index (χ4n) is 0.969. The van der Waals surface area contributed by atoms with Gasteiger partial charge in [-0.3, -0.25) is 0 Å². The topological polar surface area (TPSA) is 50.9 Å². The van der Waals surface area contributed by atoms with Crippen LogP contribution in [0.1, 0.15) is 18.9 Å². The van der Waals surface area contributed by atoms with Gasteiger partial charge >= 0.3 is 0 Å². The van der Waals surface area contributed by atoms with Gasteiger partial charge in [-0.05, 0) is 25.0 Å². The fourth-order valence-corrected chi connectivity index (χ4v) is 1.18. The molecule has 1 unspecified atom stereocenters. The number of pyridine rings is 1. The van der Waals surface area contributed by atoms with E-state index in [0.29, 0.717) is 5.02 Å². The van der Waals surface area contributed by atoms with E-state index < -0.39 is 0 Å². The molecule has 0 aromatic carbocycles. The lowest BCUT2D eigenvalue weighted by Crippen LogP contribution is -2.29. The van der Waals surface area contributed by atoms with Gasteiger partial charge in [0.15, 0.2) is 0 Å². The molecule has 0 aliphatic heterocycles. The Hall–Kier alpha value is -0.800. The molecule has 1 aromatic rings. The second-order valence-electron chi connectivity index (χ2n) is 2.98. The lowest BCUT2D eigenvalue weighted by atomic mass is 10.3. The van der Waals surface area contributed by atoms with Gasteiger partial charge in [-0.1, -0.05) is 18.5 Å². The molecule has 13 heavy (non-hydrogen) atoms. The second-order valence-corrected chi connectivity index (χ2v) is 3.41. The molecular weight excluding hydrogens is 186 g/mol. The standard InChI is InChI=1S/C9H14ClN3/c1-3-8(11)13-9-6(2)4-7(10)5-12-9/h4-5,8H,3,11H2,1-2H3,(H,12,13). The summed E-state index contributed by atoms with van der Waals surface area (Å²) >= 11 is 5.77. The van der Waals surface area contributed by atoms with Crippen LogP contribution in [0, 0.1) is 6.92 Å². The minimum atomic E-state index is -0.0487. The van der Waals surface area contributed by atoms with Crippen molar-refractivity contribution in [1.82, 2.24) is 4.98 Å². The first kappa shape index (κ1) is 10.3. The summed E-state index contributed by atoms with van der Waals surface area (Å²) in [4.78, 5) is 4.14. The number of aryl methyl sites for hydroxylation is 1. The summed E-state index contributed by atoms with van der Waals surface area (Å²) in [5, 5.41) is 3.74. The largest absolute Gasteiger partial charge is 0.355 e. The molecule has 3 nitrogen and oxygen atoms in total. The number of hydrogen-bond acceptors (Lipinski definition) is 3. The lowest BCUT2D eigenvalue weighted by Gasteiger charge is -2.13. The molecule has 0 saturated carbocycles. The highest BCUT2D eigenvalue weighted by molar-refractivity contribution is 6.30. The van der Waals surface area contributed by atoms with E-state index >= 15 is 0 Å². The molecule has 1 heterocycles. The van der Waals surface area contributed by atoms with Crippen LogP contribution in [0.5, 0.6) is 0 Å². The van der Waals surface area contributed by atoms with E-state index in [0.717, 1.165) is 17.8 Å². The summed E-state index contributed by atoms with van der Waals surface area (Å²) in [5.41, 5.74) is 6.74. The van der Waals surface area contributed by atoms with Crippen LogP contribution in [-0.2, 0) is 0 Å². The zero-order valence-corrected chi connectivity index (χ0v) is 8.60. The van der Waals surface area contributed by atoms with Gasteiger partial charge in [-0.2, -0.15) is 0 Å². The molecule has 4 heteroatoms. The van der Waals surface area contributed by atoms with Crippen LogP contribution in [0.2, 0.25) is 5.02 Å². The van der Waals surface area contributed by atoms with Gasteiger partial charge in [-0.25, -0.2) is 4.98 Å². The number of anilines is 1. The van der Waals surface area contributed by atoms with E-state index in [1.807, 2.05) is 19.9 Å². The summed E-state index contributed by atoms with van der Waals surface area (Å²) in [5.74, 6) is 0.804. The first-order chi connectivity index (χ1) is 6.13. The maximum Gasteiger partial charge on any atom is 0.130 e. The van der Waals surface area contributed by atoms with Gasteiger partial charge in [0.1, 0.15) is 5.82 Å². The first-order valence-electron chi connectivity index (χ1n) is 4.27. The third-order valence-electron chi connectivity index (χ3n) is 1.81. The van der Waals surface area contributed by atoms with Crippen molar-refractivity contribution >= 4 is 17.4 Å². The Kier molecular flexibility index (Phi) is 3.51. The van der Waals surface area contributed by atoms with E-state index in [9.17, 15) is 0 Å². The first-order valence-corrected chi connectivity index (χ1v) is 4.65. The van der Waals surface area contributed by atoms with Crippen molar-refractivity contribution in [3.8, 4) is 0 Å². The average Bonchev–Trinajstić information content (AvgIpc) is 2.09. The van der Waals surface area contributed by atoms with Crippen LogP contribution >= 0.6 is 11.6 Å². The van der Waals surface area contributed by atoms with Crippen LogP contribution in [0.25, 0.3) is 0 Å². The maximum atomic E-state index is 5.77. The molecule has 0 amide bonds. The SMILES string of the molecule is CCC(N)Nc1ncc(Cl)cc1C. The maximum absolute atomic E-state index is 5.77. The van der Waals surface area contributed by atoms with Crippen molar-refractivity contribution in [2.24, 2.45) is 5.73 Å². The number of halogens is 1.